The number of pyridine rings is 1. The number of fused-ring (bicyclic) bond motifs is 1. The Morgan fingerprint density at radius 2 is 1.83 bits per heavy atom. The summed E-state index contributed by atoms with van der Waals surface area (Å²) in [6, 6.07) is 12.6. The van der Waals surface area contributed by atoms with Gasteiger partial charge >= 0.3 is 0 Å². The number of hydrogen-bond donors (Lipinski definition) is 1. The van der Waals surface area contributed by atoms with Crippen LogP contribution in [-0.2, 0) is 0 Å². The van der Waals surface area contributed by atoms with Crippen molar-refractivity contribution in [2.45, 2.75) is 46.1 Å². The summed E-state index contributed by atoms with van der Waals surface area (Å²) in [5.41, 5.74) is 6.17. The van der Waals surface area contributed by atoms with Gasteiger partial charge in [0.2, 0.25) is 0 Å². The van der Waals surface area contributed by atoms with Gasteiger partial charge in [0, 0.05) is 11.8 Å². The number of nitrogens with zero attached hydrogens (tertiary/aromatic N) is 2. The average molecular weight is 308 g/mol. The van der Waals surface area contributed by atoms with Gasteiger partial charge < -0.3 is 9.51 Å². The van der Waals surface area contributed by atoms with Gasteiger partial charge in [-0.05, 0) is 42.5 Å². The van der Waals surface area contributed by atoms with E-state index in [0.29, 0.717) is 12.3 Å². The van der Waals surface area contributed by atoms with Crippen LogP contribution in [0, 0.1) is 6.92 Å². The van der Waals surface area contributed by atoms with Crippen molar-refractivity contribution in [3.05, 3.63) is 59.4 Å². The summed E-state index contributed by atoms with van der Waals surface area (Å²) in [5.74, 6) is 0.508. The maximum atomic E-state index is 10.5. The number of aryl methyl sites for hydroxylation is 1. The summed E-state index contributed by atoms with van der Waals surface area (Å²) in [7, 11) is 0. The third-order valence-electron chi connectivity index (χ3n) is 4.37. The number of imidazole rings is 1. The van der Waals surface area contributed by atoms with Gasteiger partial charge in [0.15, 0.2) is 0 Å². The Hall–Kier alpha value is -2.13. The van der Waals surface area contributed by atoms with Crippen LogP contribution in [0.15, 0.2) is 42.6 Å². The lowest BCUT2D eigenvalue weighted by Gasteiger charge is -2.11. The summed E-state index contributed by atoms with van der Waals surface area (Å²) in [4.78, 5) is 4.79. The van der Waals surface area contributed by atoms with Crippen LogP contribution in [0.3, 0.4) is 0 Å². The minimum atomic E-state index is -0.521. The highest BCUT2D eigenvalue weighted by Gasteiger charge is 2.19. The van der Waals surface area contributed by atoms with Crippen LogP contribution < -0.4 is 0 Å². The molecule has 0 bridgehead atoms. The van der Waals surface area contributed by atoms with Gasteiger partial charge in [-0.2, -0.15) is 0 Å². The lowest BCUT2D eigenvalue weighted by molar-refractivity contribution is 0.168. The molecule has 0 spiro atoms. The van der Waals surface area contributed by atoms with Crippen molar-refractivity contribution in [1.82, 2.24) is 9.38 Å². The minimum absolute atomic E-state index is 0.508. The lowest BCUT2D eigenvalue weighted by atomic mass is 9.99. The summed E-state index contributed by atoms with van der Waals surface area (Å²) in [6.07, 6.45) is 2.14. The molecule has 1 atom stereocenters. The maximum Gasteiger partial charge on any atom is 0.138 e. The van der Waals surface area contributed by atoms with Crippen molar-refractivity contribution in [2.75, 3.05) is 0 Å². The van der Waals surface area contributed by atoms with Crippen LogP contribution in [0.25, 0.3) is 16.9 Å². The van der Waals surface area contributed by atoms with Crippen molar-refractivity contribution in [1.29, 1.82) is 0 Å². The van der Waals surface area contributed by atoms with Gasteiger partial charge in [-0.3, -0.25) is 0 Å². The number of aromatic nitrogens is 2. The molecule has 0 saturated carbocycles. The van der Waals surface area contributed by atoms with Gasteiger partial charge in [0.25, 0.3) is 0 Å². The number of hydrogen-bond acceptors (Lipinski definition) is 2. The number of rotatable bonds is 4. The number of aliphatic hydroxyl groups is 1. The van der Waals surface area contributed by atoms with Crippen LogP contribution >= 0.6 is 0 Å². The summed E-state index contributed by atoms with van der Waals surface area (Å²) in [6.45, 7) is 8.43. The Morgan fingerprint density at radius 1 is 1.13 bits per heavy atom. The summed E-state index contributed by atoms with van der Waals surface area (Å²) >= 11 is 0. The van der Waals surface area contributed by atoms with Gasteiger partial charge in [0.05, 0.1) is 17.5 Å². The van der Waals surface area contributed by atoms with E-state index in [1.165, 1.54) is 11.1 Å². The van der Waals surface area contributed by atoms with Crippen molar-refractivity contribution >= 4 is 5.65 Å². The Labute approximate surface area is 137 Å². The van der Waals surface area contributed by atoms with Gasteiger partial charge in [-0.1, -0.05) is 45.0 Å². The molecule has 1 unspecified atom stereocenters. The second-order valence-electron chi connectivity index (χ2n) is 6.48. The van der Waals surface area contributed by atoms with Crippen molar-refractivity contribution < 1.29 is 5.11 Å². The van der Waals surface area contributed by atoms with E-state index < -0.39 is 6.10 Å². The fourth-order valence-corrected chi connectivity index (χ4v) is 2.92. The van der Waals surface area contributed by atoms with E-state index in [1.54, 1.807) is 0 Å². The summed E-state index contributed by atoms with van der Waals surface area (Å²) in [5, 5.41) is 10.5. The molecule has 0 aliphatic carbocycles. The molecule has 3 heteroatoms. The predicted molar refractivity (Wildman–Crippen MR) is 94.7 cm³/mol. The smallest absolute Gasteiger partial charge is 0.138 e. The van der Waals surface area contributed by atoms with E-state index in [4.69, 9.17) is 4.98 Å². The van der Waals surface area contributed by atoms with Crippen LogP contribution in [-0.4, -0.2) is 14.5 Å². The normalized spacial score (nSPS) is 13.0. The van der Waals surface area contributed by atoms with Crippen LogP contribution in [0.1, 0.15) is 56.0 Å². The molecule has 2 aromatic heterocycles. The quantitative estimate of drug-likeness (QED) is 0.746. The standard InChI is InChI=1S/C20H24N2O/c1-5-17(23)20-19(16-8-6-15(7-9-16)13(2)3)21-18-12-14(4)10-11-22(18)20/h6-13,17,23H,5H2,1-4H3. The molecule has 3 nitrogen and oxygen atoms in total. The molecule has 23 heavy (non-hydrogen) atoms. The third kappa shape index (κ3) is 2.89. The van der Waals surface area contributed by atoms with E-state index >= 15 is 0 Å². The molecule has 2 heterocycles. The van der Waals surface area contributed by atoms with E-state index in [0.717, 1.165) is 22.6 Å². The van der Waals surface area contributed by atoms with Crippen LogP contribution in [0.2, 0.25) is 0 Å². The zero-order valence-corrected chi connectivity index (χ0v) is 14.2. The Bertz CT molecular complexity index is 816. The average Bonchev–Trinajstić information content (AvgIpc) is 2.92. The van der Waals surface area contributed by atoms with Crippen molar-refractivity contribution in [2.24, 2.45) is 0 Å². The van der Waals surface area contributed by atoms with E-state index in [-0.39, 0.29) is 0 Å². The van der Waals surface area contributed by atoms with Crippen molar-refractivity contribution in [3.8, 4) is 11.3 Å². The first-order valence-electron chi connectivity index (χ1n) is 8.28. The monoisotopic (exact) mass is 308 g/mol. The SMILES string of the molecule is CCC(O)c1c(-c2ccc(C(C)C)cc2)nc2cc(C)ccn12. The van der Waals surface area contributed by atoms with Crippen LogP contribution in [0.4, 0.5) is 0 Å². The fourth-order valence-electron chi connectivity index (χ4n) is 2.92. The highest BCUT2D eigenvalue weighted by Crippen LogP contribution is 2.31. The molecular formula is C20H24N2O. The zero-order chi connectivity index (χ0) is 16.6. The molecule has 1 N–H and O–H groups in total. The second kappa shape index (κ2) is 6.17. The molecular weight excluding hydrogens is 284 g/mol. The Morgan fingerprint density at radius 3 is 2.43 bits per heavy atom. The molecule has 3 rings (SSSR count). The second-order valence-corrected chi connectivity index (χ2v) is 6.48. The molecule has 3 aromatic rings. The largest absolute Gasteiger partial charge is 0.387 e. The highest BCUT2D eigenvalue weighted by molar-refractivity contribution is 5.67. The molecule has 0 amide bonds. The zero-order valence-electron chi connectivity index (χ0n) is 14.2. The minimum Gasteiger partial charge on any atom is -0.387 e. The molecule has 0 fully saturated rings. The Kier molecular flexibility index (Phi) is 4.22. The number of benzene rings is 1. The van der Waals surface area contributed by atoms with Crippen LogP contribution in [0.5, 0.6) is 0 Å². The third-order valence-corrected chi connectivity index (χ3v) is 4.37. The molecule has 0 saturated heterocycles. The Balaban J connectivity index is 2.19. The van der Waals surface area contributed by atoms with E-state index in [9.17, 15) is 5.11 Å². The number of aliphatic hydroxyl groups excluding tert-OH is 1. The molecule has 0 radical (unpaired) electrons. The topological polar surface area (TPSA) is 37.5 Å². The van der Waals surface area contributed by atoms with E-state index in [2.05, 4.69) is 51.1 Å². The highest BCUT2D eigenvalue weighted by atomic mass is 16.3. The van der Waals surface area contributed by atoms with Crippen molar-refractivity contribution in [3.63, 3.8) is 0 Å². The lowest BCUT2D eigenvalue weighted by Crippen LogP contribution is -2.02. The molecule has 1 aromatic carbocycles. The first kappa shape index (κ1) is 15.8. The maximum absolute atomic E-state index is 10.5. The van der Waals surface area contributed by atoms with Gasteiger partial charge in [-0.25, -0.2) is 4.98 Å². The first-order valence-corrected chi connectivity index (χ1v) is 8.28. The van der Waals surface area contributed by atoms with Gasteiger partial charge in [0.1, 0.15) is 5.65 Å². The fraction of sp³-hybridized carbons (Fsp3) is 0.350. The summed E-state index contributed by atoms with van der Waals surface area (Å²) < 4.78 is 2.01. The van der Waals surface area contributed by atoms with E-state index in [1.807, 2.05) is 23.6 Å². The van der Waals surface area contributed by atoms with Gasteiger partial charge in [-0.15, -0.1) is 0 Å². The molecule has 0 aliphatic rings. The molecule has 120 valence electrons. The molecule has 0 aliphatic heterocycles. The predicted octanol–water partition coefficient (Wildman–Crippen LogP) is 4.88. The first-order chi connectivity index (χ1) is 11.0.